The van der Waals surface area contributed by atoms with Gasteiger partial charge >= 0.3 is 0 Å². The highest BCUT2D eigenvalue weighted by Crippen LogP contribution is 2.21. The average molecular weight is 398 g/mol. The molecule has 2 aromatic rings. The minimum absolute atomic E-state index is 0.134. The summed E-state index contributed by atoms with van der Waals surface area (Å²) in [7, 11) is -3.64. The molecule has 6 heteroatoms. The van der Waals surface area contributed by atoms with E-state index in [0.29, 0.717) is 11.3 Å². The van der Waals surface area contributed by atoms with Crippen molar-refractivity contribution < 1.29 is 8.42 Å². The fourth-order valence-electron chi connectivity index (χ4n) is 1.65. The fraction of sp³-hybridized carbons (Fsp3) is 0.0714. The minimum atomic E-state index is -3.64. The van der Waals surface area contributed by atoms with E-state index in [0.717, 1.165) is 9.13 Å². The largest absolute Gasteiger partial charge is 0.279 e. The predicted octanol–water partition coefficient (Wildman–Crippen LogP) is 3.27. The van der Waals surface area contributed by atoms with Gasteiger partial charge in [-0.25, -0.2) is 8.42 Å². The third kappa shape index (κ3) is 3.29. The molecule has 0 amide bonds. The van der Waals surface area contributed by atoms with Crippen LogP contribution in [0.25, 0.3) is 0 Å². The molecule has 0 aliphatic rings. The Hall–Kier alpha value is -1.59. The molecule has 1 N–H and O–H groups in total. The monoisotopic (exact) mass is 398 g/mol. The van der Waals surface area contributed by atoms with E-state index in [2.05, 4.69) is 27.3 Å². The zero-order valence-corrected chi connectivity index (χ0v) is 13.6. The predicted molar refractivity (Wildman–Crippen MR) is 85.9 cm³/mol. The number of aryl methyl sites for hydroxylation is 1. The van der Waals surface area contributed by atoms with Crippen molar-refractivity contribution in [3.63, 3.8) is 0 Å². The minimum Gasteiger partial charge on any atom is -0.279 e. The van der Waals surface area contributed by atoms with Crippen LogP contribution in [0, 0.1) is 21.8 Å². The van der Waals surface area contributed by atoms with Crippen LogP contribution in [0.3, 0.4) is 0 Å². The summed E-state index contributed by atoms with van der Waals surface area (Å²) in [4.78, 5) is 0.134. The van der Waals surface area contributed by atoms with Crippen molar-refractivity contribution in [1.29, 1.82) is 5.26 Å². The first-order valence-corrected chi connectivity index (χ1v) is 8.28. The molecule has 2 aromatic carbocycles. The van der Waals surface area contributed by atoms with E-state index in [1.807, 2.05) is 25.1 Å². The number of rotatable bonds is 3. The molecule has 0 spiro atoms. The third-order valence-corrected chi connectivity index (χ3v) is 4.78. The Kier molecular flexibility index (Phi) is 4.30. The molecule has 0 aromatic heterocycles. The van der Waals surface area contributed by atoms with Gasteiger partial charge in [-0.1, -0.05) is 0 Å². The Morgan fingerprint density at radius 2 is 1.80 bits per heavy atom. The van der Waals surface area contributed by atoms with Crippen LogP contribution in [0.4, 0.5) is 5.69 Å². The molecule has 20 heavy (non-hydrogen) atoms. The van der Waals surface area contributed by atoms with Crippen molar-refractivity contribution in [2.45, 2.75) is 11.8 Å². The molecular formula is C14H11IN2O2S. The van der Waals surface area contributed by atoms with Gasteiger partial charge in [-0.05, 0) is 77.5 Å². The number of hydrogen-bond acceptors (Lipinski definition) is 3. The molecule has 0 atom stereocenters. The summed E-state index contributed by atoms with van der Waals surface area (Å²) in [5.41, 5.74) is 1.83. The molecule has 0 unspecified atom stereocenters. The molecule has 0 aliphatic heterocycles. The standard InChI is InChI=1S/C14H11IN2O2S/c1-10-8-12(15)4-7-14(10)17-20(18,19)13-5-2-11(9-16)3-6-13/h2-8,17H,1H3. The van der Waals surface area contributed by atoms with E-state index in [1.54, 1.807) is 6.07 Å². The Bertz CT molecular complexity index is 778. The van der Waals surface area contributed by atoms with Gasteiger partial charge in [-0.3, -0.25) is 4.72 Å². The van der Waals surface area contributed by atoms with Crippen LogP contribution in [0.5, 0.6) is 0 Å². The van der Waals surface area contributed by atoms with Gasteiger partial charge in [0.1, 0.15) is 0 Å². The van der Waals surface area contributed by atoms with E-state index >= 15 is 0 Å². The van der Waals surface area contributed by atoms with Crippen molar-refractivity contribution in [1.82, 2.24) is 0 Å². The molecule has 0 aliphatic carbocycles. The van der Waals surface area contributed by atoms with Crippen LogP contribution in [-0.4, -0.2) is 8.42 Å². The van der Waals surface area contributed by atoms with Gasteiger partial charge in [-0.2, -0.15) is 5.26 Å². The number of hydrogen-bond donors (Lipinski definition) is 1. The van der Waals surface area contributed by atoms with Crippen molar-refractivity contribution in [3.05, 3.63) is 57.2 Å². The summed E-state index contributed by atoms with van der Waals surface area (Å²) in [6, 6.07) is 13.2. The highest BCUT2D eigenvalue weighted by molar-refractivity contribution is 14.1. The lowest BCUT2D eigenvalue weighted by Crippen LogP contribution is -2.13. The van der Waals surface area contributed by atoms with Gasteiger partial charge in [0.05, 0.1) is 22.2 Å². The second-order valence-electron chi connectivity index (χ2n) is 4.20. The van der Waals surface area contributed by atoms with Crippen LogP contribution in [-0.2, 0) is 10.0 Å². The number of anilines is 1. The fourth-order valence-corrected chi connectivity index (χ4v) is 3.43. The highest BCUT2D eigenvalue weighted by atomic mass is 127. The number of benzene rings is 2. The quantitative estimate of drug-likeness (QED) is 0.807. The zero-order valence-electron chi connectivity index (χ0n) is 10.6. The van der Waals surface area contributed by atoms with Crippen LogP contribution in [0.1, 0.15) is 11.1 Å². The normalized spacial score (nSPS) is 10.8. The SMILES string of the molecule is Cc1cc(I)ccc1NS(=O)(=O)c1ccc(C#N)cc1. The molecule has 0 heterocycles. The van der Waals surface area contributed by atoms with E-state index in [9.17, 15) is 8.42 Å². The van der Waals surface area contributed by atoms with Crippen molar-refractivity contribution in [2.75, 3.05) is 4.72 Å². The van der Waals surface area contributed by atoms with E-state index in [-0.39, 0.29) is 4.90 Å². The highest BCUT2D eigenvalue weighted by Gasteiger charge is 2.15. The van der Waals surface area contributed by atoms with E-state index < -0.39 is 10.0 Å². The second-order valence-corrected chi connectivity index (χ2v) is 7.13. The van der Waals surface area contributed by atoms with Crippen LogP contribution < -0.4 is 4.72 Å². The first kappa shape index (κ1) is 14.8. The summed E-state index contributed by atoms with van der Waals surface area (Å²) in [6.07, 6.45) is 0. The van der Waals surface area contributed by atoms with Crippen molar-refractivity contribution >= 4 is 38.3 Å². The topological polar surface area (TPSA) is 70.0 Å². The lowest BCUT2D eigenvalue weighted by molar-refractivity contribution is 0.601. The maximum atomic E-state index is 12.2. The summed E-state index contributed by atoms with van der Waals surface area (Å²) < 4.78 is 28.1. The molecule has 2 rings (SSSR count). The molecule has 0 bridgehead atoms. The van der Waals surface area contributed by atoms with Gasteiger partial charge in [-0.15, -0.1) is 0 Å². The lowest BCUT2D eigenvalue weighted by atomic mass is 10.2. The van der Waals surface area contributed by atoms with Gasteiger partial charge in [0, 0.05) is 3.57 Å². The van der Waals surface area contributed by atoms with Crippen LogP contribution >= 0.6 is 22.6 Å². The third-order valence-electron chi connectivity index (χ3n) is 2.73. The summed E-state index contributed by atoms with van der Waals surface area (Å²) in [5.74, 6) is 0. The smallest absolute Gasteiger partial charge is 0.261 e. The maximum Gasteiger partial charge on any atom is 0.261 e. The number of halogens is 1. The van der Waals surface area contributed by atoms with Gasteiger partial charge in [0.15, 0.2) is 0 Å². The Morgan fingerprint density at radius 3 is 2.35 bits per heavy atom. The molecule has 0 saturated carbocycles. The molecule has 102 valence electrons. The van der Waals surface area contributed by atoms with Gasteiger partial charge < -0.3 is 0 Å². The Morgan fingerprint density at radius 1 is 1.15 bits per heavy atom. The Labute approximate surface area is 131 Å². The maximum absolute atomic E-state index is 12.2. The number of sulfonamides is 1. The molecule has 0 radical (unpaired) electrons. The van der Waals surface area contributed by atoms with Crippen LogP contribution in [0.15, 0.2) is 47.4 Å². The van der Waals surface area contributed by atoms with Gasteiger partial charge in [0.25, 0.3) is 10.0 Å². The Balaban J connectivity index is 2.33. The number of nitrogens with zero attached hydrogens (tertiary/aromatic N) is 1. The number of nitrogens with one attached hydrogen (secondary N) is 1. The first-order valence-electron chi connectivity index (χ1n) is 5.71. The first-order chi connectivity index (χ1) is 9.42. The molecular weight excluding hydrogens is 387 g/mol. The van der Waals surface area contributed by atoms with E-state index in [4.69, 9.17) is 5.26 Å². The molecule has 4 nitrogen and oxygen atoms in total. The summed E-state index contributed by atoms with van der Waals surface area (Å²) >= 11 is 2.17. The van der Waals surface area contributed by atoms with E-state index in [1.165, 1.54) is 24.3 Å². The molecule has 0 fully saturated rings. The molecule has 0 saturated heterocycles. The summed E-state index contributed by atoms with van der Waals surface area (Å²) in [5, 5.41) is 8.71. The zero-order chi connectivity index (χ0) is 14.8. The average Bonchev–Trinajstić information content (AvgIpc) is 2.42. The lowest BCUT2D eigenvalue weighted by Gasteiger charge is -2.10. The van der Waals surface area contributed by atoms with Crippen molar-refractivity contribution in [3.8, 4) is 6.07 Å². The second kappa shape index (κ2) is 5.81. The number of nitriles is 1. The van der Waals surface area contributed by atoms with Crippen molar-refractivity contribution in [2.24, 2.45) is 0 Å². The summed E-state index contributed by atoms with van der Waals surface area (Å²) in [6.45, 7) is 1.85. The van der Waals surface area contributed by atoms with Crippen LogP contribution in [0.2, 0.25) is 0 Å². The van der Waals surface area contributed by atoms with Gasteiger partial charge in [0.2, 0.25) is 0 Å².